The molecule has 1 heterocycles. The predicted octanol–water partition coefficient (Wildman–Crippen LogP) is 3.82. The second kappa shape index (κ2) is 6.57. The average molecular weight is 326 g/mol. The Morgan fingerprint density at radius 1 is 1.17 bits per heavy atom. The summed E-state index contributed by atoms with van der Waals surface area (Å²) in [4.78, 5) is 0. The summed E-state index contributed by atoms with van der Waals surface area (Å²) in [6, 6.07) is 10.3. The minimum Gasteiger partial charge on any atom is -0.508 e. The quantitative estimate of drug-likeness (QED) is 0.750. The van der Waals surface area contributed by atoms with Crippen LogP contribution in [0.5, 0.6) is 17.2 Å². The molecule has 3 rings (SSSR count). The summed E-state index contributed by atoms with van der Waals surface area (Å²) in [5, 5.41) is 30.9. The van der Waals surface area contributed by atoms with Crippen molar-refractivity contribution in [3.63, 3.8) is 0 Å². The summed E-state index contributed by atoms with van der Waals surface area (Å²) >= 11 is 0. The lowest BCUT2D eigenvalue weighted by atomic mass is 9.86. The number of rotatable bonds is 3. The van der Waals surface area contributed by atoms with Gasteiger partial charge in [-0.25, -0.2) is 0 Å². The van der Waals surface area contributed by atoms with Crippen LogP contribution in [0.2, 0.25) is 0 Å². The van der Waals surface area contributed by atoms with Crippen molar-refractivity contribution in [2.24, 2.45) is 0 Å². The molecule has 3 N–H and O–H groups in total. The largest absolute Gasteiger partial charge is 0.508 e. The molecule has 0 unspecified atom stereocenters. The third-order valence-corrected chi connectivity index (χ3v) is 4.40. The molecule has 1 aliphatic heterocycles. The summed E-state index contributed by atoms with van der Waals surface area (Å²) < 4.78 is 5.69. The highest BCUT2D eigenvalue weighted by Gasteiger charge is 2.32. The zero-order chi connectivity index (χ0) is 17.3. The molecule has 4 heteroatoms. The highest BCUT2D eigenvalue weighted by molar-refractivity contribution is 5.49. The second-order valence-electron chi connectivity index (χ2n) is 6.43. The number of phenols is 2. The van der Waals surface area contributed by atoms with Gasteiger partial charge in [0, 0.05) is 17.2 Å². The minimum absolute atomic E-state index is 0.103. The number of para-hydroxylation sites is 1. The number of ether oxygens (including phenoxy) is 1. The molecule has 0 saturated heterocycles. The van der Waals surface area contributed by atoms with E-state index in [0.717, 1.165) is 5.56 Å². The lowest BCUT2D eigenvalue weighted by Crippen LogP contribution is -2.24. The maximum absolute atomic E-state index is 10.7. The third kappa shape index (κ3) is 3.10. The van der Waals surface area contributed by atoms with Crippen molar-refractivity contribution < 1.29 is 20.1 Å². The monoisotopic (exact) mass is 326 g/mol. The lowest BCUT2D eigenvalue weighted by Gasteiger charge is -2.31. The van der Waals surface area contributed by atoms with E-state index >= 15 is 0 Å². The van der Waals surface area contributed by atoms with Gasteiger partial charge in [0.15, 0.2) is 0 Å². The van der Waals surface area contributed by atoms with Crippen molar-refractivity contribution in [1.82, 2.24) is 0 Å². The first-order valence-electron chi connectivity index (χ1n) is 8.05. The van der Waals surface area contributed by atoms with Crippen LogP contribution < -0.4 is 4.74 Å². The highest BCUT2D eigenvalue weighted by Crippen LogP contribution is 2.44. The number of aromatic hydroxyl groups is 2. The topological polar surface area (TPSA) is 69.9 Å². The van der Waals surface area contributed by atoms with Gasteiger partial charge in [-0.05, 0) is 38.0 Å². The zero-order valence-corrected chi connectivity index (χ0v) is 13.9. The number of allylic oxidation sites excluding steroid dienone is 2. The SMILES string of the molecule is CC(C)=CCc1cccc([C@@H]2COc3cc(O)ccc3[C@H]2O)c1O. The smallest absolute Gasteiger partial charge is 0.128 e. The first kappa shape index (κ1) is 16.4. The molecule has 0 aliphatic carbocycles. The number of phenolic OH excluding ortho intramolecular Hbond substituents is 2. The number of aliphatic hydroxyl groups is 1. The van der Waals surface area contributed by atoms with E-state index in [9.17, 15) is 15.3 Å². The Bertz CT molecular complexity index is 775. The van der Waals surface area contributed by atoms with E-state index in [2.05, 4.69) is 6.08 Å². The molecular weight excluding hydrogens is 304 g/mol. The van der Waals surface area contributed by atoms with Gasteiger partial charge in [0.2, 0.25) is 0 Å². The molecule has 24 heavy (non-hydrogen) atoms. The molecule has 0 amide bonds. The average Bonchev–Trinajstić information content (AvgIpc) is 2.54. The minimum atomic E-state index is -0.793. The van der Waals surface area contributed by atoms with Crippen molar-refractivity contribution in [1.29, 1.82) is 0 Å². The fourth-order valence-corrected chi connectivity index (χ4v) is 3.03. The Hall–Kier alpha value is -2.46. The first-order valence-corrected chi connectivity index (χ1v) is 8.05. The van der Waals surface area contributed by atoms with Gasteiger partial charge in [0.05, 0.1) is 18.6 Å². The molecule has 2 atom stereocenters. The van der Waals surface area contributed by atoms with Gasteiger partial charge >= 0.3 is 0 Å². The van der Waals surface area contributed by atoms with Crippen LogP contribution in [0.3, 0.4) is 0 Å². The summed E-state index contributed by atoms with van der Waals surface area (Å²) in [7, 11) is 0. The summed E-state index contributed by atoms with van der Waals surface area (Å²) in [5.41, 5.74) is 3.33. The molecule has 0 bridgehead atoms. The van der Waals surface area contributed by atoms with Crippen LogP contribution in [0.4, 0.5) is 0 Å². The number of hydrogen-bond donors (Lipinski definition) is 3. The molecule has 0 radical (unpaired) electrons. The summed E-state index contributed by atoms with van der Waals surface area (Å²) in [5.74, 6) is 0.448. The Balaban J connectivity index is 1.94. The molecule has 0 aromatic heterocycles. The molecule has 0 fully saturated rings. The van der Waals surface area contributed by atoms with E-state index in [-0.39, 0.29) is 24.0 Å². The van der Waals surface area contributed by atoms with Crippen LogP contribution in [0.25, 0.3) is 0 Å². The van der Waals surface area contributed by atoms with E-state index in [0.29, 0.717) is 23.3 Å². The standard InChI is InChI=1S/C20H22O4/c1-12(2)6-7-13-4-3-5-15(19(13)22)17-11-24-18-10-14(21)8-9-16(18)20(17)23/h3-6,8-10,17,20-23H,7,11H2,1-2H3/t17-,20+/m0/s1. The maximum Gasteiger partial charge on any atom is 0.128 e. The Morgan fingerprint density at radius 2 is 1.96 bits per heavy atom. The van der Waals surface area contributed by atoms with Crippen molar-refractivity contribution >= 4 is 0 Å². The Morgan fingerprint density at radius 3 is 2.71 bits per heavy atom. The number of fused-ring (bicyclic) bond motifs is 1. The van der Waals surface area contributed by atoms with Crippen LogP contribution in [0.15, 0.2) is 48.0 Å². The second-order valence-corrected chi connectivity index (χ2v) is 6.43. The molecule has 2 aromatic rings. The zero-order valence-electron chi connectivity index (χ0n) is 13.9. The normalized spacial score (nSPS) is 19.3. The van der Waals surface area contributed by atoms with Crippen molar-refractivity contribution in [3.05, 3.63) is 64.7 Å². The molecule has 1 aliphatic rings. The fourth-order valence-electron chi connectivity index (χ4n) is 3.03. The summed E-state index contributed by atoms with van der Waals surface area (Å²) in [6.45, 7) is 4.29. The molecule has 126 valence electrons. The van der Waals surface area contributed by atoms with Crippen molar-refractivity contribution in [3.8, 4) is 17.2 Å². The third-order valence-electron chi connectivity index (χ3n) is 4.40. The number of benzene rings is 2. The van der Waals surface area contributed by atoms with Gasteiger partial charge in [-0.3, -0.25) is 0 Å². The highest BCUT2D eigenvalue weighted by atomic mass is 16.5. The van der Waals surface area contributed by atoms with Crippen LogP contribution in [0.1, 0.15) is 42.6 Å². The van der Waals surface area contributed by atoms with E-state index in [1.165, 1.54) is 17.7 Å². The molecule has 4 nitrogen and oxygen atoms in total. The number of hydrogen-bond acceptors (Lipinski definition) is 4. The fraction of sp³-hybridized carbons (Fsp3) is 0.300. The van der Waals surface area contributed by atoms with Gasteiger partial charge in [-0.1, -0.05) is 29.8 Å². The first-order chi connectivity index (χ1) is 11.5. The van der Waals surface area contributed by atoms with Crippen LogP contribution >= 0.6 is 0 Å². The van der Waals surface area contributed by atoms with Crippen molar-refractivity contribution in [2.75, 3.05) is 6.61 Å². The van der Waals surface area contributed by atoms with E-state index < -0.39 is 6.10 Å². The van der Waals surface area contributed by atoms with Crippen LogP contribution in [0, 0.1) is 0 Å². The lowest BCUT2D eigenvalue weighted by molar-refractivity contribution is 0.0875. The van der Waals surface area contributed by atoms with E-state index in [1.807, 2.05) is 32.0 Å². The Kier molecular flexibility index (Phi) is 4.49. The van der Waals surface area contributed by atoms with Gasteiger partial charge in [-0.2, -0.15) is 0 Å². The van der Waals surface area contributed by atoms with Gasteiger partial charge in [-0.15, -0.1) is 0 Å². The summed E-state index contributed by atoms with van der Waals surface area (Å²) in [6.07, 6.45) is 1.92. The molecule has 2 aromatic carbocycles. The van der Waals surface area contributed by atoms with Gasteiger partial charge < -0.3 is 20.1 Å². The van der Waals surface area contributed by atoms with E-state index in [1.54, 1.807) is 6.07 Å². The number of aliphatic hydroxyl groups excluding tert-OH is 1. The van der Waals surface area contributed by atoms with Crippen LogP contribution in [-0.4, -0.2) is 21.9 Å². The van der Waals surface area contributed by atoms with Crippen LogP contribution in [-0.2, 0) is 6.42 Å². The Labute approximate surface area is 141 Å². The van der Waals surface area contributed by atoms with Crippen molar-refractivity contribution in [2.45, 2.75) is 32.3 Å². The molecule has 0 saturated carbocycles. The predicted molar refractivity (Wildman–Crippen MR) is 92.5 cm³/mol. The maximum atomic E-state index is 10.7. The molecular formula is C20H22O4. The van der Waals surface area contributed by atoms with Gasteiger partial charge in [0.25, 0.3) is 0 Å². The van der Waals surface area contributed by atoms with Gasteiger partial charge in [0.1, 0.15) is 17.2 Å². The molecule has 0 spiro atoms. The van der Waals surface area contributed by atoms with E-state index in [4.69, 9.17) is 4.74 Å².